The van der Waals surface area contributed by atoms with Gasteiger partial charge in [-0.25, -0.2) is 0 Å². The highest BCUT2D eigenvalue weighted by atomic mass is 35.5. The summed E-state index contributed by atoms with van der Waals surface area (Å²) in [6.07, 6.45) is 0.626. The summed E-state index contributed by atoms with van der Waals surface area (Å²) in [6.45, 7) is 4.00. The molecule has 0 aliphatic heterocycles. The van der Waals surface area contributed by atoms with E-state index in [1.165, 1.54) is 0 Å². The average molecular weight is 418 g/mol. The van der Waals surface area contributed by atoms with Crippen LogP contribution in [0.3, 0.4) is 0 Å². The number of hydrogen-bond acceptors (Lipinski definition) is 2. The second-order valence-corrected chi connectivity index (χ2v) is 7.82. The fourth-order valence-corrected chi connectivity index (χ4v) is 3.94. The van der Waals surface area contributed by atoms with Crippen LogP contribution >= 0.6 is 11.6 Å². The molecule has 0 unspecified atom stereocenters. The van der Waals surface area contributed by atoms with Gasteiger partial charge >= 0.3 is 0 Å². The number of fused-ring (bicyclic) bond motifs is 1. The maximum absolute atomic E-state index is 13.2. The zero-order chi connectivity index (χ0) is 21.1. The van der Waals surface area contributed by atoms with Crippen LogP contribution < -0.4 is 5.32 Å². The van der Waals surface area contributed by atoms with Crippen molar-refractivity contribution in [3.05, 3.63) is 89.4 Å². The van der Waals surface area contributed by atoms with Crippen molar-refractivity contribution < 1.29 is 4.79 Å². The Bertz CT molecular complexity index is 1160. The predicted octanol–water partition coefficient (Wildman–Crippen LogP) is 6.19. The predicted molar refractivity (Wildman–Crippen MR) is 123 cm³/mol. The Kier molecular flexibility index (Phi) is 5.86. The third-order valence-corrected chi connectivity index (χ3v) is 5.59. The molecule has 5 heteroatoms. The van der Waals surface area contributed by atoms with Gasteiger partial charge in [-0.3, -0.25) is 9.48 Å². The van der Waals surface area contributed by atoms with Crippen LogP contribution in [0.4, 0.5) is 0 Å². The van der Waals surface area contributed by atoms with Gasteiger partial charge in [0.25, 0.3) is 0 Å². The molecule has 2 atom stereocenters. The number of rotatable bonds is 6. The summed E-state index contributed by atoms with van der Waals surface area (Å²) < 4.78 is 1.83. The van der Waals surface area contributed by atoms with Crippen LogP contribution in [0, 0.1) is 0 Å². The third kappa shape index (κ3) is 3.96. The van der Waals surface area contributed by atoms with Crippen LogP contribution in [0.1, 0.15) is 37.9 Å². The summed E-state index contributed by atoms with van der Waals surface area (Å²) in [6, 6.07) is 25.1. The number of hydrogen-bond donors (Lipinski definition) is 1. The van der Waals surface area contributed by atoms with E-state index in [0.717, 1.165) is 27.7 Å². The molecule has 1 aromatic heterocycles. The highest BCUT2D eigenvalue weighted by molar-refractivity contribution is 6.31. The number of benzene rings is 3. The van der Waals surface area contributed by atoms with E-state index in [1.54, 1.807) is 0 Å². The first-order chi connectivity index (χ1) is 14.6. The van der Waals surface area contributed by atoms with Crippen molar-refractivity contribution in [3.8, 4) is 11.3 Å². The first-order valence-corrected chi connectivity index (χ1v) is 10.5. The Morgan fingerprint density at radius 2 is 1.70 bits per heavy atom. The lowest BCUT2D eigenvalue weighted by Crippen LogP contribution is -2.34. The van der Waals surface area contributed by atoms with Crippen molar-refractivity contribution in [1.29, 1.82) is 0 Å². The van der Waals surface area contributed by atoms with Gasteiger partial charge in [-0.2, -0.15) is 5.10 Å². The van der Waals surface area contributed by atoms with Crippen LogP contribution in [0.2, 0.25) is 5.02 Å². The normalized spacial score (nSPS) is 13.2. The summed E-state index contributed by atoms with van der Waals surface area (Å²) in [4.78, 5) is 13.2. The van der Waals surface area contributed by atoms with Crippen LogP contribution in [-0.4, -0.2) is 15.7 Å². The van der Waals surface area contributed by atoms with Crippen molar-refractivity contribution in [2.45, 2.75) is 32.4 Å². The average Bonchev–Trinajstić information content (AvgIpc) is 3.14. The minimum Gasteiger partial charge on any atom is -0.348 e. The molecule has 1 amide bonds. The summed E-state index contributed by atoms with van der Waals surface area (Å²) in [5, 5.41) is 9.60. The van der Waals surface area contributed by atoms with Crippen LogP contribution in [0.15, 0.2) is 78.9 Å². The van der Waals surface area contributed by atoms with Crippen molar-refractivity contribution in [2.75, 3.05) is 0 Å². The molecule has 0 aliphatic carbocycles. The smallest absolute Gasteiger partial charge is 0.245 e. The minimum absolute atomic E-state index is 0.0483. The fraction of sp³-hybridized carbons (Fsp3) is 0.200. The van der Waals surface area contributed by atoms with E-state index in [2.05, 4.69) is 5.32 Å². The minimum atomic E-state index is -0.419. The van der Waals surface area contributed by atoms with Gasteiger partial charge in [-0.1, -0.05) is 79.2 Å². The van der Waals surface area contributed by atoms with E-state index in [-0.39, 0.29) is 11.9 Å². The molecular formula is C25H24ClN3O. The highest BCUT2D eigenvalue weighted by Crippen LogP contribution is 2.32. The van der Waals surface area contributed by atoms with Crippen molar-refractivity contribution >= 4 is 28.4 Å². The molecule has 3 aromatic carbocycles. The van der Waals surface area contributed by atoms with Gasteiger partial charge in [0.2, 0.25) is 5.91 Å². The molecule has 4 aromatic rings. The van der Waals surface area contributed by atoms with Crippen molar-refractivity contribution in [1.82, 2.24) is 15.1 Å². The van der Waals surface area contributed by atoms with E-state index in [0.29, 0.717) is 11.4 Å². The van der Waals surface area contributed by atoms with Gasteiger partial charge in [-0.15, -0.1) is 0 Å². The third-order valence-electron chi connectivity index (χ3n) is 5.36. The number of halogens is 1. The number of carbonyl (C=O) groups is 1. The van der Waals surface area contributed by atoms with Gasteiger partial charge in [0.05, 0.1) is 11.6 Å². The molecule has 0 spiro atoms. The van der Waals surface area contributed by atoms with E-state index in [1.807, 2.05) is 97.4 Å². The molecule has 0 aliphatic rings. The molecular weight excluding hydrogens is 394 g/mol. The Morgan fingerprint density at radius 3 is 2.37 bits per heavy atom. The van der Waals surface area contributed by atoms with Gasteiger partial charge in [0, 0.05) is 16.0 Å². The molecule has 152 valence electrons. The summed E-state index contributed by atoms with van der Waals surface area (Å²) in [5.74, 6) is -0.0483. The highest BCUT2D eigenvalue weighted by Gasteiger charge is 2.25. The SMILES string of the molecule is CC[C@H](C(=O)N[C@@H](C)c1ccccc1)n1nc(-c2ccccc2)c2cc(Cl)ccc21. The van der Waals surface area contributed by atoms with Crippen LogP contribution in [-0.2, 0) is 4.79 Å². The number of nitrogens with one attached hydrogen (secondary N) is 1. The second kappa shape index (κ2) is 8.72. The van der Waals surface area contributed by atoms with Gasteiger partial charge < -0.3 is 5.32 Å². The maximum Gasteiger partial charge on any atom is 0.245 e. The Hall–Kier alpha value is -3.11. The van der Waals surface area contributed by atoms with E-state index in [4.69, 9.17) is 16.7 Å². The van der Waals surface area contributed by atoms with Gasteiger partial charge in [0.1, 0.15) is 11.7 Å². The molecule has 1 N–H and O–H groups in total. The Labute approximate surface area is 181 Å². The number of aromatic nitrogens is 2. The molecule has 0 fully saturated rings. The lowest BCUT2D eigenvalue weighted by atomic mass is 10.1. The fourth-order valence-electron chi connectivity index (χ4n) is 3.76. The largest absolute Gasteiger partial charge is 0.348 e. The molecule has 0 saturated carbocycles. The first kappa shape index (κ1) is 20.2. The first-order valence-electron chi connectivity index (χ1n) is 10.2. The number of carbonyl (C=O) groups excluding carboxylic acids is 1. The molecule has 0 saturated heterocycles. The molecule has 1 heterocycles. The van der Waals surface area contributed by atoms with Crippen molar-refractivity contribution in [3.63, 3.8) is 0 Å². The molecule has 0 radical (unpaired) electrons. The summed E-state index contributed by atoms with van der Waals surface area (Å²) in [5.41, 5.74) is 3.79. The quantitative estimate of drug-likeness (QED) is 0.407. The maximum atomic E-state index is 13.2. The van der Waals surface area contributed by atoms with Gasteiger partial charge in [0.15, 0.2) is 0 Å². The molecule has 4 rings (SSSR count). The lowest BCUT2D eigenvalue weighted by Gasteiger charge is -2.20. The topological polar surface area (TPSA) is 46.9 Å². The monoisotopic (exact) mass is 417 g/mol. The van der Waals surface area contributed by atoms with Crippen molar-refractivity contribution in [2.24, 2.45) is 0 Å². The molecule has 0 bridgehead atoms. The number of amides is 1. The number of nitrogens with zero attached hydrogens (tertiary/aromatic N) is 2. The lowest BCUT2D eigenvalue weighted by molar-refractivity contribution is -0.125. The van der Waals surface area contributed by atoms with E-state index in [9.17, 15) is 4.79 Å². The second-order valence-electron chi connectivity index (χ2n) is 7.39. The Morgan fingerprint density at radius 1 is 1.03 bits per heavy atom. The zero-order valence-corrected chi connectivity index (χ0v) is 17.8. The Balaban J connectivity index is 1.72. The van der Waals surface area contributed by atoms with E-state index >= 15 is 0 Å². The van der Waals surface area contributed by atoms with E-state index < -0.39 is 6.04 Å². The van der Waals surface area contributed by atoms with Crippen LogP contribution in [0.25, 0.3) is 22.2 Å². The zero-order valence-electron chi connectivity index (χ0n) is 17.0. The van der Waals surface area contributed by atoms with Crippen LogP contribution in [0.5, 0.6) is 0 Å². The standard InChI is InChI=1S/C25H24ClN3O/c1-3-22(25(30)27-17(2)18-10-6-4-7-11-18)29-23-15-14-20(26)16-21(23)24(28-29)19-12-8-5-9-13-19/h4-17,22H,3H2,1-2H3,(H,27,30)/t17-,22+/m0/s1. The summed E-state index contributed by atoms with van der Waals surface area (Å²) >= 11 is 6.28. The van der Waals surface area contributed by atoms with Gasteiger partial charge in [-0.05, 0) is 37.1 Å². The molecule has 4 nitrogen and oxygen atoms in total. The summed E-state index contributed by atoms with van der Waals surface area (Å²) in [7, 11) is 0. The molecule has 30 heavy (non-hydrogen) atoms.